The smallest absolute Gasteiger partial charge is 0.224 e. The fraction of sp³-hybridized carbons (Fsp3) is 0.600. The Hall–Kier alpha value is -1.64. The topological polar surface area (TPSA) is 43.4 Å². The molecule has 3 heteroatoms. The van der Waals surface area contributed by atoms with Crippen LogP contribution in [0.15, 0.2) is 34.1 Å². The van der Waals surface area contributed by atoms with E-state index in [0.717, 1.165) is 6.42 Å². The van der Waals surface area contributed by atoms with E-state index >= 15 is 0 Å². The Morgan fingerprint density at radius 1 is 1.00 bits per heavy atom. The fourth-order valence-electron chi connectivity index (χ4n) is 2.79. The van der Waals surface area contributed by atoms with Crippen LogP contribution in [0, 0.1) is 10.8 Å². The van der Waals surface area contributed by atoms with Crippen LogP contribution in [0.1, 0.15) is 61.8 Å². The van der Waals surface area contributed by atoms with Crippen molar-refractivity contribution in [2.75, 3.05) is 7.11 Å². The highest BCUT2D eigenvalue weighted by Gasteiger charge is 2.38. The van der Waals surface area contributed by atoms with E-state index in [1.165, 1.54) is 12.7 Å². The minimum atomic E-state index is -0.399. The maximum atomic E-state index is 12.8. The summed E-state index contributed by atoms with van der Waals surface area (Å²) in [5.41, 5.74) is 2.50. The number of methoxy groups -OCH3 is 1. The van der Waals surface area contributed by atoms with Gasteiger partial charge in [-0.3, -0.25) is 9.59 Å². The molecule has 1 aliphatic rings. The summed E-state index contributed by atoms with van der Waals surface area (Å²) in [4.78, 5) is 25.2. The zero-order valence-electron chi connectivity index (χ0n) is 16.0. The fourth-order valence-corrected chi connectivity index (χ4v) is 2.79. The van der Waals surface area contributed by atoms with Gasteiger partial charge in [-0.2, -0.15) is 0 Å². The van der Waals surface area contributed by atoms with E-state index in [1.54, 1.807) is 13.8 Å². The van der Waals surface area contributed by atoms with Crippen molar-refractivity contribution in [3.8, 4) is 0 Å². The normalized spacial score (nSPS) is 18.0. The van der Waals surface area contributed by atoms with Gasteiger partial charge in [-0.1, -0.05) is 46.3 Å². The first-order valence-corrected chi connectivity index (χ1v) is 8.07. The highest BCUT2D eigenvalue weighted by molar-refractivity contribution is 6.24. The van der Waals surface area contributed by atoms with E-state index in [9.17, 15) is 9.59 Å². The Labute approximate surface area is 140 Å². The van der Waals surface area contributed by atoms with Gasteiger partial charge in [0.2, 0.25) is 5.78 Å². The minimum Gasteiger partial charge on any atom is -0.492 e. The lowest BCUT2D eigenvalue weighted by molar-refractivity contribution is -0.119. The summed E-state index contributed by atoms with van der Waals surface area (Å²) in [6.07, 6.45) is 2.90. The average molecular weight is 318 g/mol. The van der Waals surface area contributed by atoms with Gasteiger partial charge in [-0.15, -0.1) is 0 Å². The Balaban J connectivity index is 3.26. The molecule has 0 aromatic heterocycles. The molecule has 128 valence electrons. The highest BCUT2D eigenvalue weighted by atomic mass is 16.5. The molecule has 0 aromatic carbocycles. The molecular formula is C20H30O3. The van der Waals surface area contributed by atoms with Crippen LogP contribution in [-0.2, 0) is 14.3 Å². The van der Waals surface area contributed by atoms with Crippen LogP contribution in [0.25, 0.3) is 0 Å². The monoisotopic (exact) mass is 318 g/mol. The molecule has 0 spiro atoms. The van der Waals surface area contributed by atoms with Crippen LogP contribution in [-0.4, -0.2) is 18.7 Å². The third-order valence-corrected chi connectivity index (χ3v) is 4.81. The van der Waals surface area contributed by atoms with E-state index in [-0.39, 0.29) is 22.7 Å². The molecule has 1 rings (SSSR count). The van der Waals surface area contributed by atoms with E-state index < -0.39 is 5.41 Å². The zero-order valence-corrected chi connectivity index (χ0v) is 16.0. The molecule has 0 amide bonds. The van der Waals surface area contributed by atoms with Crippen LogP contribution >= 0.6 is 0 Å². The number of ketones is 2. The Bertz CT molecular complexity index is 620. The predicted octanol–water partition coefficient (Wildman–Crippen LogP) is 4.78. The third-order valence-electron chi connectivity index (χ3n) is 4.81. The lowest BCUT2D eigenvalue weighted by Crippen LogP contribution is -2.31. The molecule has 0 radical (unpaired) electrons. The summed E-state index contributed by atoms with van der Waals surface area (Å²) in [6, 6.07) is 0. The average Bonchev–Trinajstić information content (AvgIpc) is 2.42. The molecule has 0 bridgehead atoms. The molecule has 0 saturated carbocycles. The molecule has 1 aliphatic carbocycles. The van der Waals surface area contributed by atoms with Crippen molar-refractivity contribution in [1.29, 1.82) is 0 Å². The number of carbonyl (C=O) groups is 2. The van der Waals surface area contributed by atoms with Crippen molar-refractivity contribution in [2.45, 2.75) is 61.8 Å². The Morgan fingerprint density at radius 3 is 1.96 bits per heavy atom. The summed E-state index contributed by atoms with van der Waals surface area (Å²) < 4.78 is 5.12. The minimum absolute atomic E-state index is 0.0780. The second-order valence-electron chi connectivity index (χ2n) is 8.04. The summed E-state index contributed by atoms with van der Waals surface area (Å²) in [7, 11) is 1.43. The van der Waals surface area contributed by atoms with Crippen molar-refractivity contribution in [3.63, 3.8) is 0 Å². The highest BCUT2D eigenvalue weighted by Crippen LogP contribution is 2.40. The molecule has 0 heterocycles. The van der Waals surface area contributed by atoms with Gasteiger partial charge >= 0.3 is 0 Å². The lowest BCUT2D eigenvalue weighted by Gasteiger charge is -2.32. The van der Waals surface area contributed by atoms with E-state index in [0.29, 0.717) is 16.7 Å². The van der Waals surface area contributed by atoms with Gasteiger partial charge in [0.25, 0.3) is 0 Å². The maximum Gasteiger partial charge on any atom is 0.224 e. The van der Waals surface area contributed by atoms with Crippen molar-refractivity contribution >= 4 is 11.6 Å². The second-order valence-corrected chi connectivity index (χ2v) is 8.04. The zero-order chi connectivity index (χ0) is 18.2. The van der Waals surface area contributed by atoms with Crippen LogP contribution in [0.5, 0.6) is 0 Å². The van der Waals surface area contributed by atoms with Crippen molar-refractivity contribution in [1.82, 2.24) is 0 Å². The molecule has 0 unspecified atom stereocenters. The number of rotatable bonds is 4. The number of Topliss-reactive ketones (excluding diaryl/α,β-unsaturated/α-hetero) is 2. The molecule has 0 atom stereocenters. The van der Waals surface area contributed by atoms with Crippen molar-refractivity contribution in [2.24, 2.45) is 10.8 Å². The van der Waals surface area contributed by atoms with Gasteiger partial charge in [0.1, 0.15) is 0 Å². The van der Waals surface area contributed by atoms with Crippen LogP contribution in [0.4, 0.5) is 0 Å². The summed E-state index contributed by atoms with van der Waals surface area (Å²) in [5.74, 6) is -0.0802. The van der Waals surface area contributed by atoms with Gasteiger partial charge in [0, 0.05) is 16.7 Å². The van der Waals surface area contributed by atoms with E-state index in [1.807, 2.05) is 13.8 Å². The standard InChI is InChI=1S/C20H30O3/c1-12(19(4,5)6)10-11-20(7,8)15-13(2)17(22)18(23-9)14(3)16(15)21/h10H,11H2,1-9H3/b12-10+. The molecular weight excluding hydrogens is 288 g/mol. The largest absolute Gasteiger partial charge is 0.492 e. The van der Waals surface area contributed by atoms with Gasteiger partial charge < -0.3 is 4.74 Å². The van der Waals surface area contributed by atoms with Crippen LogP contribution in [0.3, 0.4) is 0 Å². The first-order valence-electron chi connectivity index (χ1n) is 8.07. The van der Waals surface area contributed by atoms with E-state index in [4.69, 9.17) is 4.74 Å². The predicted molar refractivity (Wildman–Crippen MR) is 94.0 cm³/mol. The summed E-state index contributed by atoms with van der Waals surface area (Å²) in [6.45, 7) is 16.1. The SMILES string of the molecule is COC1=C(C)C(=O)C(C(C)(C)C/C=C(\C)C(C)(C)C)=C(C)C1=O. The summed E-state index contributed by atoms with van der Waals surface area (Å²) >= 11 is 0. The first-order chi connectivity index (χ1) is 10.3. The summed E-state index contributed by atoms with van der Waals surface area (Å²) in [5, 5.41) is 0. The van der Waals surface area contributed by atoms with Gasteiger partial charge in [-0.05, 0) is 38.0 Å². The van der Waals surface area contributed by atoms with Crippen molar-refractivity contribution < 1.29 is 14.3 Å². The lowest BCUT2D eigenvalue weighted by atomic mass is 9.71. The molecule has 0 aromatic rings. The van der Waals surface area contributed by atoms with E-state index in [2.05, 4.69) is 33.8 Å². The number of carbonyl (C=O) groups excluding carboxylic acids is 2. The first kappa shape index (κ1) is 19.4. The second kappa shape index (κ2) is 6.46. The van der Waals surface area contributed by atoms with Crippen LogP contribution in [0.2, 0.25) is 0 Å². The van der Waals surface area contributed by atoms with Crippen LogP contribution < -0.4 is 0 Å². The molecule has 0 N–H and O–H groups in total. The van der Waals surface area contributed by atoms with Gasteiger partial charge in [0.05, 0.1) is 7.11 Å². The van der Waals surface area contributed by atoms with Gasteiger partial charge in [0.15, 0.2) is 11.5 Å². The third kappa shape index (κ3) is 3.82. The molecule has 3 nitrogen and oxygen atoms in total. The molecule has 0 saturated heterocycles. The number of ether oxygens (including phenoxy) is 1. The van der Waals surface area contributed by atoms with Crippen molar-refractivity contribution in [3.05, 3.63) is 34.1 Å². The number of hydrogen-bond acceptors (Lipinski definition) is 3. The molecule has 0 fully saturated rings. The van der Waals surface area contributed by atoms with Gasteiger partial charge in [-0.25, -0.2) is 0 Å². The Kier molecular flexibility index (Phi) is 5.45. The molecule has 0 aliphatic heterocycles. The number of hydrogen-bond donors (Lipinski definition) is 0. The quantitative estimate of drug-likeness (QED) is 0.553. The Morgan fingerprint density at radius 2 is 1.52 bits per heavy atom. The molecule has 23 heavy (non-hydrogen) atoms. The number of allylic oxidation sites excluding steroid dienone is 5. The maximum absolute atomic E-state index is 12.8.